The van der Waals surface area contributed by atoms with Gasteiger partial charge in [-0.1, -0.05) is 6.07 Å². The van der Waals surface area contributed by atoms with Gasteiger partial charge in [-0.3, -0.25) is 0 Å². The number of ether oxygens (including phenoxy) is 1. The van der Waals surface area contributed by atoms with E-state index in [0.29, 0.717) is 16.1 Å². The molecule has 0 spiro atoms. The monoisotopic (exact) mass is 263 g/mol. The van der Waals surface area contributed by atoms with Crippen LogP contribution in [0.1, 0.15) is 10.4 Å². The van der Waals surface area contributed by atoms with Crippen LogP contribution in [0.15, 0.2) is 40.6 Å². The molecule has 0 fully saturated rings. The lowest BCUT2D eigenvalue weighted by atomic mass is 10.2. The fourth-order valence-electron chi connectivity index (χ4n) is 1.48. The number of imidazole rings is 1. The van der Waals surface area contributed by atoms with Crippen molar-refractivity contribution in [1.29, 1.82) is 0 Å². The topological polar surface area (TPSA) is 70.1 Å². The lowest BCUT2D eigenvalue weighted by Gasteiger charge is -2.09. The van der Waals surface area contributed by atoms with Crippen molar-refractivity contribution >= 4 is 23.4 Å². The summed E-state index contributed by atoms with van der Waals surface area (Å²) in [5.74, 6) is -0.404. The third kappa shape index (κ3) is 2.33. The van der Waals surface area contributed by atoms with Crippen LogP contribution in [0.2, 0.25) is 0 Å². The molecule has 1 aromatic carbocycles. The number of carbonyl (C=O) groups excluding carboxylic acids is 1. The number of anilines is 1. The largest absolute Gasteiger partial charge is 0.465 e. The first-order valence-electron chi connectivity index (χ1n) is 5.25. The Morgan fingerprint density at radius 3 is 2.89 bits per heavy atom. The number of hydrogen-bond donors (Lipinski definition) is 1. The van der Waals surface area contributed by atoms with Gasteiger partial charge in [0.1, 0.15) is 0 Å². The Morgan fingerprint density at radius 1 is 1.50 bits per heavy atom. The molecule has 0 aliphatic heterocycles. The summed E-state index contributed by atoms with van der Waals surface area (Å²) in [5.41, 5.74) is 6.90. The van der Waals surface area contributed by atoms with Gasteiger partial charge >= 0.3 is 5.97 Å². The second-order valence-corrected chi connectivity index (χ2v) is 4.62. The summed E-state index contributed by atoms with van der Waals surface area (Å²) >= 11 is 1.34. The second-order valence-electron chi connectivity index (χ2n) is 3.64. The zero-order chi connectivity index (χ0) is 13.1. The highest BCUT2D eigenvalue weighted by atomic mass is 32.2. The fourth-order valence-corrected chi connectivity index (χ4v) is 2.43. The zero-order valence-corrected chi connectivity index (χ0v) is 10.9. The number of aromatic nitrogens is 2. The van der Waals surface area contributed by atoms with Crippen molar-refractivity contribution in [3.8, 4) is 0 Å². The van der Waals surface area contributed by atoms with E-state index in [0.717, 1.165) is 5.16 Å². The number of nitrogens with two attached hydrogens (primary N) is 1. The Bertz CT molecular complexity index is 580. The third-order valence-corrected chi connectivity index (χ3v) is 3.66. The van der Waals surface area contributed by atoms with Crippen molar-refractivity contribution in [2.24, 2.45) is 7.05 Å². The standard InChI is InChI=1S/C12H13N3O2S/c1-15-7-6-14-12(15)18-10-8(11(16)17-2)4-3-5-9(10)13/h3-7H,13H2,1-2H3. The minimum Gasteiger partial charge on any atom is -0.465 e. The zero-order valence-electron chi connectivity index (χ0n) is 10.1. The number of benzene rings is 1. The second kappa shape index (κ2) is 5.14. The summed E-state index contributed by atoms with van der Waals surface area (Å²) < 4.78 is 6.61. The Hall–Kier alpha value is -1.95. The molecule has 0 radical (unpaired) electrons. The molecule has 0 bridgehead atoms. The maximum Gasteiger partial charge on any atom is 0.339 e. The molecule has 0 aliphatic rings. The molecular formula is C12H13N3O2S. The molecule has 0 unspecified atom stereocenters. The molecule has 0 saturated carbocycles. The van der Waals surface area contributed by atoms with Crippen molar-refractivity contribution in [2.75, 3.05) is 12.8 Å². The smallest absolute Gasteiger partial charge is 0.339 e. The Kier molecular flexibility index (Phi) is 3.57. The van der Waals surface area contributed by atoms with E-state index in [9.17, 15) is 4.79 Å². The van der Waals surface area contributed by atoms with Gasteiger partial charge < -0.3 is 15.0 Å². The molecule has 1 aromatic heterocycles. The molecule has 0 atom stereocenters. The van der Waals surface area contributed by atoms with Gasteiger partial charge in [-0.25, -0.2) is 9.78 Å². The van der Waals surface area contributed by atoms with Crippen molar-refractivity contribution < 1.29 is 9.53 Å². The van der Waals surface area contributed by atoms with Gasteiger partial charge in [0.15, 0.2) is 5.16 Å². The summed E-state index contributed by atoms with van der Waals surface area (Å²) in [6.07, 6.45) is 3.53. The summed E-state index contributed by atoms with van der Waals surface area (Å²) in [7, 11) is 3.23. The van der Waals surface area contributed by atoms with Gasteiger partial charge in [0.2, 0.25) is 0 Å². The van der Waals surface area contributed by atoms with Crippen molar-refractivity contribution in [3.63, 3.8) is 0 Å². The number of rotatable bonds is 3. The SMILES string of the molecule is COC(=O)c1cccc(N)c1Sc1nccn1C. The average Bonchev–Trinajstić information content (AvgIpc) is 2.76. The summed E-state index contributed by atoms with van der Waals surface area (Å²) in [5, 5.41) is 0.762. The van der Waals surface area contributed by atoms with Crippen molar-refractivity contribution in [1.82, 2.24) is 9.55 Å². The van der Waals surface area contributed by atoms with E-state index in [1.54, 1.807) is 24.4 Å². The van der Waals surface area contributed by atoms with Crippen LogP contribution >= 0.6 is 11.8 Å². The molecule has 5 nitrogen and oxygen atoms in total. The van der Waals surface area contributed by atoms with Crippen LogP contribution in [0.5, 0.6) is 0 Å². The molecule has 94 valence electrons. The van der Waals surface area contributed by atoms with E-state index >= 15 is 0 Å². The predicted molar refractivity (Wildman–Crippen MR) is 69.5 cm³/mol. The Morgan fingerprint density at radius 2 is 2.28 bits per heavy atom. The number of hydrogen-bond acceptors (Lipinski definition) is 5. The number of carbonyl (C=O) groups is 1. The van der Waals surface area contributed by atoms with Crippen LogP contribution in [0.4, 0.5) is 5.69 Å². The first-order valence-corrected chi connectivity index (χ1v) is 6.07. The average molecular weight is 263 g/mol. The predicted octanol–water partition coefficient (Wildman–Crippen LogP) is 1.94. The first-order chi connectivity index (χ1) is 8.63. The Balaban J connectivity index is 2.43. The lowest BCUT2D eigenvalue weighted by molar-refractivity contribution is 0.0597. The fraction of sp³-hybridized carbons (Fsp3) is 0.167. The molecule has 1 heterocycles. The van der Waals surface area contributed by atoms with E-state index in [2.05, 4.69) is 4.98 Å². The summed E-state index contributed by atoms with van der Waals surface area (Å²) in [6.45, 7) is 0. The molecule has 18 heavy (non-hydrogen) atoms. The van der Waals surface area contributed by atoms with E-state index in [-0.39, 0.29) is 0 Å². The number of methoxy groups -OCH3 is 1. The van der Waals surface area contributed by atoms with E-state index in [1.807, 2.05) is 17.8 Å². The molecule has 0 saturated heterocycles. The third-order valence-electron chi connectivity index (χ3n) is 2.42. The summed E-state index contributed by atoms with van der Waals surface area (Å²) in [4.78, 5) is 16.5. The van der Waals surface area contributed by atoms with E-state index in [4.69, 9.17) is 10.5 Å². The van der Waals surface area contributed by atoms with E-state index < -0.39 is 5.97 Å². The normalized spacial score (nSPS) is 10.3. The van der Waals surface area contributed by atoms with Crippen molar-refractivity contribution in [3.05, 3.63) is 36.2 Å². The molecule has 2 N–H and O–H groups in total. The first kappa shape index (κ1) is 12.5. The molecule has 6 heteroatoms. The number of nitrogens with zero attached hydrogens (tertiary/aromatic N) is 2. The molecule has 0 amide bonds. The lowest BCUT2D eigenvalue weighted by Crippen LogP contribution is -2.05. The minimum atomic E-state index is -0.404. The van der Waals surface area contributed by atoms with E-state index in [1.165, 1.54) is 18.9 Å². The van der Waals surface area contributed by atoms with Crippen molar-refractivity contribution in [2.45, 2.75) is 10.1 Å². The highest BCUT2D eigenvalue weighted by Gasteiger charge is 2.16. The number of esters is 1. The quantitative estimate of drug-likeness (QED) is 0.677. The minimum absolute atomic E-state index is 0.404. The molecular weight excluding hydrogens is 250 g/mol. The van der Waals surface area contributed by atoms with Crippen LogP contribution in [0.3, 0.4) is 0 Å². The van der Waals surface area contributed by atoms with Gasteiger partial charge in [-0.05, 0) is 23.9 Å². The van der Waals surface area contributed by atoms with Gasteiger partial charge in [-0.2, -0.15) is 0 Å². The highest BCUT2D eigenvalue weighted by molar-refractivity contribution is 7.99. The molecule has 2 rings (SSSR count). The van der Waals surface area contributed by atoms with Crippen LogP contribution in [0, 0.1) is 0 Å². The molecule has 0 aliphatic carbocycles. The highest BCUT2D eigenvalue weighted by Crippen LogP contribution is 2.34. The number of aryl methyl sites for hydroxylation is 1. The van der Waals surface area contributed by atoms with Crippen LogP contribution in [-0.2, 0) is 11.8 Å². The van der Waals surface area contributed by atoms with Gasteiger partial charge in [0.05, 0.1) is 17.6 Å². The summed E-state index contributed by atoms with van der Waals surface area (Å²) in [6, 6.07) is 5.16. The Labute approximate surface area is 109 Å². The maximum absolute atomic E-state index is 11.7. The van der Waals surface area contributed by atoms with Crippen LogP contribution in [-0.4, -0.2) is 22.6 Å². The van der Waals surface area contributed by atoms with Gasteiger partial charge in [-0.15, -0.1) is 0 Å². The van der Waals surface area contributed by atoms with Crippen LogP contribution in [0.25, 0.3) is 0 Å². The van der Waals surface area contributed by atoms with Crippen LogP contribution < -0.4 is 5.73 Å². The molecule has 2 aromatic rings. The number of nitrogen functional groups attached to an aromatic ring is 1. The van der Waals surface area contributed by atoms with Gasteiger partial charge in [0.25, 0.3) is 0 Å². The maximum atomic E-state index is 11.7. The van der Waals surface area contributed by atoms with Gasteiger partial charge in [0, 0.05) is 25.1 Å².